The smallest absolute Gasteiger partial charge is 0.324 e. The summed E-state index contributed by atoms with van der Waals surface area (Å²) in [6.07, 6.45) is 1.97. The number of phenols is 1. The summed E-state index contributed by atoms with van der Waals surface area (Å²) in [5.41, 5.74) is -0.285. The highest BCUT2D eigenvalue weighted by molar-refractivity contribution is 5.83. The van der Waals surface area contributed by atoms with Crippen molar-refractivity contribution in [2.24, 2.45) is 4.99 Å². The van der Waals surface area contributed by atoms with Gasteiger partial charge in [0.2, 0.25) is 0 Å². The Bertz CT molecular complexity index is 907. The molecule has 11 heteroatoms. The molecule has 0 aliphatic carbocycles. The number of nitrogens with zero attached hydrogens (tertiary/aromatic N) is 4. The summed E-state index contributed by atoms with van der Waals surface area (Å²) in [5, 5.41) is 40.2. The third kappa shape index (κ3) is 4.39. The molecule has 1 N–H and O–H groups in total. The fourth-order valence-electron chi connectivity index (χ4n) is 2.46. The highest BCUT2D eigenvalue weighted by atomic mass is 16.6. The van der Waals surface area contributed by atoms with Crippen LogP contribution in [-0.4, -0.2) is 32.6 Å². The van der Waals surface area contributed by atoms with E-state index in [1.165, 1.54) is 11.1 Å². The van der Waals surface area contributed by atoms with Gasteiger partial charge in [-0.25, -0.2) is 0 Å². The third-order valence-corrected chi connectivity index (χ3v) is 3.80. The fraction of sp³-hybridized carbons (Fsp3) is 0.188. The van der Waals surface area contributed by atoms with Gasteiger partial charge in [0.15, 0.2) is 0 Å². The van der Waals surface area contributed by atoms with Gasteiger partial charge in [-0.3, -0.25) is 35.3 Å². The lowest BCUT2D eigenvalue weighted by atomic mass is 9.94. The predicted octanol–water partition coefficient (Wildman–Crippen LogP) is 3.34. The average molecular weight is 374 g/mol. The van der Waals surface area contributed by atoms with Gasteiger partial charge in [0.1, 0.15) is 0 Å². The average Bonchev–Trinajstić information content (AvgIpc) is 2.62. The minimum absolute atomic E-state index is 0.447. The number of rotatable bonds is 3. The highest BCUT2D eigenvalue weighted by Gasteiger charge is 2.30. The number of fused-ring (bicyclic) bond motifs is 1. The van der Waals surface area contributed by atoms with Crippen LogP contribution in [0.3, 0.4) is 0 Å². The van der Waals surface area contributed by atoms with Crippen LogP contribution in [0.25, 0.3) is 0 Å². The van der Waals surface area contributed by atoms with E-state index in [9.17, 15) is 30.3 Å². The first-order valence-corrected chi connectivity index (χ1v) is 7.61. The van der Waals surface area contributed by atoms with Crippen LogP contribution < -0.4 is 0 Å². The van der Waals surface area contributed by atoms with Crippen molar-refractivity contribution in [1.82, 2.24) is 0 Å². The molecule has 0 amide bonds. The van der Waals surface area contributed by atoms with Crippen molar-refractivity contribution in [3.63, 3.8) is 0 Å². The van der Waals surface area contributed by atoms with Gasteiger partial charge in [-0.15, -0.1) is 0 Å². The van der Waals surface area contributed by atoms with Crippen molar-refractivity contribution in [1.29, 1.82) is 0 Å². The van der Waals surface area contributed by atoms with E-state index in [1.807, 2.05) is 6.21 Å². The van der Waals surface area contributed by atoms with Gasteiger partial charge in [-0.1, -0.05) is 31.2 Å². The third-order valence-electron chi connectivity index (χ3n) is 3.80. The standard InChI is InChI=1S/C10H11N.C6H3N3O7/c1-8-6-11-7-9-4-2-3-5-10(8)9;10-6-4(8(13)14)1-3(7(11)12)2-5(6)9(15)16/h2-5,7-8H,6H2,1H3;1-2,10H. The molecule has 0 fully saturated rings. The van der Waals surface area contributed by atoms with E-state index in [0.717, 1.165) is 6.54 Å². The molecule has 11 nitrogen and oxygen atoms in total. The number of phenolic OH excluding ortho intramolecular Hbond substituents is 1. The monoisotopic (exact) mass is 374 g/mol. The fourth-order valence-corrected chi connectivity index (χ4v) is 2.46. The van der Waals surface area contributed by atoms with Crippen molar-refractivity contribution in [2.75, 3.05) is 6.54 Å². The lowest BCUT2D eigenvalue weighted by molar-refractivity contribution is -0.404. The quantitative estimate of drug-likeness (QED) is 0.636. The molecule has 0 spiro atoms. The van der Waals surface area contributed by atoms with Crippen LogP contribution in [0.1, 0.15) is 24.0 Å². The second-order valence-corrected chi connectivity index (χ2v) is 5.63. The van der Waals surface area contributed by atoms with Crippen molar-refractivity contribution in [3.05, 3.63) is 77.9 Å². The molecular weight excluding hydrogens is 360 g/mol. The predicted molar refractivity (Wildman–Crippen MR) is 95.4 cm³/mol. The Hall–Kier alpha value is -3.89. The minimum Gasteiger partial charge on any atom is -0.497 e. The molecule has 3 rings (SSSR count). The topological polar surface area (TPSA) is 162 Å². The van der Waals surface area contributed by atoms with Crippen LogP contribution in [-0.2, 0) is 0 Å². The van der Waals surface area contributed by atoms with Gasteiger partial charge in [-0.2, -0.15) is 0 Å². The van der Waals surface area contributed by atoms with Crippen molar-refractivity contribution in [3.8, 4) is 5.75 Å². The summed E-state index contributed by atoms with van der Waals surface area (Å²) >= 11 is 0. The Morgan fingerprint density at radius 1 is 1.00 bits per heavy atom. The van der Waals surface area contributed by atoms with Gasteiger partial charge in [-0.05, 0) is 11.1 Å². The second kappa shape index (κ2) is 7.99. The molecule has 140 valence electrons. The van der Waals surface area contributed by atoms with Gasteiger partial charge < -0.3 is 5.11 Å². The normalized spacial score (nSPS) is 14.5. The summed E-state index contributed by atoms with van der Waals surface area (Å²) in [5.74, 6) is -0.614. The molecule has 0 aromatic heterocycles. The summed E-state index contributed by atoms with van der Waals surface area (Å²) in [6, 6.07) is 9.35. The Balaban J connectivity index is 0.000000206. The molecule has 1 heterocycles. The van der Waals surface area contributed by atoms with E-state index in [4.69, 9.17) is 5.11 Å². The lowest BCUT2D eigenvalue weighted by Crippen LogP contribution is -2.07. The minimum atomic E-state index is -1.21. The first-order valence-electron chi connectivity index (χ1n) is 7.61. The Morgan fingerprint density at radius 2 is 1.56 bits per heavy atom. The van der Waals surface area contributed by atoms with E-state index in [1.54, 1.807) is 0 Å². The molecular formula is C16H14N4O7. The SMILES string of the molecule is CC1CN=Cc2ccccc21.O=[N+]([O-])c1cc([N+](=O)[O-])c(O)c([N+](=O)[O-])c1. The largest absolute Gasteiger partial charge is 0.497 e. The molecule has 2 aromatic rings. The summed E-state index contributed by atoms with van der Waals surface area (Å²) in [7, 11) is 0. The van der Waals surface area contributed by atoms with Gasteiger partial charge >= 0.3 is 11.4 Å². The maximum Gasteiger partial charge on any atom is 0.324 e. The second-order valence-electron chi connectivity index (χ2n) is 5.63. The number of benzene rings is 2. The zero-order valence-electron chi connectivity index (χ0n) is 14.0. The Kier molecular flexibility index (Phi) is 5.75. The number of nitro groups is 3. The van der Waals surface area contributed by atoms with E-state index in [0.29, 0.717) is 18.1 Å². The number of non-ortho nitro benzene ring substituents is 1. The Morgan fingerprint density at radius 3 is 2.04 bits per heavy atom. The maximum atomic E-state index is 10.4. The molecule has 1 aliphatic heterocycles. The summed E-state index contributed by atoms with van der Waals surface area (Å²) in [4.78, 5) is 32.0. The molecule has 1 atom stereocenters. The lowest BCUT2D eigenvalue weighted by Gasteiger charge is -2.15. The van der Waals surface area contributed by atoms with Crippen molar-refractivity contribution in [2.45, 2.75) is 12.8 Å². The summed E-state index contributed by atoms with van der Waals surface area (Å²) < 4.78 is 0. The molecule has 1 aliphatic rings. The van der Waals surface area contributed by atoms with Crippen molar-refractivity contribution >= 4 is 23.3 Å². The van der Waals surface area contributed by atoms with Crippen molar-refractivity contribution < 1.29 is 19.9 Å². The zero-order chi connectivity index (χ0) is 20.1. The molecule has 0 radical (unpaired) electrons. The van der Waals surface area contributed by atoms with E-state index >= 15 is 0 Å². The Labute approximate surface area is 152 Å². The number of hydrogen-bond donors (Lipinski definition) is 1. The zero-order valence-corrected chi connectivity index (χ0v) is 14.0. The van der Waals surface area contributed by atoms with E-state index in [2.05, 4.69) is 36.2 Å². The number of nitro benzene ring substituents is 3. The molecule has 0 saturated carbocycles. The van der Waals surface area contributed by atoms with Crippen LogP contribution in [0.2, 0.25) is 0 Å². The van der Waals surface area contributed by atoms with Crippen LogP contribution >= 0.6 is 0 Å². The first kappa shape index (κ1) is 19.4. The number of aliphatic imine (C=N–C) groups is 1. The number of aromatic hydroxyl groups is 1. The van der Waals surface area contributed by atoms with Gasteiger partial charge in [0, 0.05) is 18.7 Å². The van der Waals surface area contributed by atoms with E-state index in [-0.39, 0.29) is 0 Å². The van der Waals surface area contributed by atoms with E-state index < -0.39 is 37.6 Å². The summed E-state index contributed by atoms with van der Waals surface area (Å²) in [6.45, 7) is 3.16. The number of hydrogen-bond acceptors (Lipinski definition) is 8. The van der Waals surface area contributed by atoms with Crippen LogP contribution in [0, 0.1) is 30.3 Å². The molecule has 1 unspecified atom stereocenters. The van der Waals surface area contributed by atoms with Gasteiger partial charge in [0.25, 0.3) is 11.4 Å². The highest BCUT2D eigenvalue weighted by Crippen LogP contribution is 2.38. The molecule has 2 aromatic carbocycles. The van der Waals surface area contributed by atoms with Crippen LogP contribution in [0.15, 0.2) is 41.4 Å². The maximum absolute atomic E-state index is 10.4. The van der Waals surface area contributed by atoms with Crippen LogP contribution in [0.4, 0.5) is 17.1 Å². The van der Waals surface area contributed by atoms with Crippen LogP contribution in [0.5, 0.6) is 5.75 Å². The molecule has 0 bridgehead atoms. The van der Waals surface area contributed by atoms with Gasteiger partial charge in [0.05, 0.1) is 26.9 Å². The molecule has 27 heavy (non-hydrogen) atoms. The first-order chi connectivity index (χ1) is 12.7. The molecule has 0 saturated heterocycles.